The predicted molar refractivity (Wildman–Crippen MR) is 45.4 cm³/mol. The number of amides is 5. The molecule has 0 saturated carbocycles. The highest BCUT2D eigenvalue weighted by Crippen LogP contribution is 2.39. The van der Waals surface area contributed by atoms with Gasteiger partial charge in [0.1, 0.15) is 0 Å². The first kappa shape index (κ1) is 10.1. The zero-order chi connectivity index (χ0) is 12.6. The minimum atomic E-state index is -5.02. The molecule has 90 valence electrons. The Morgan fingerprint density at radius 3 is 2.59 bits per heavy atom. The van der Waals surface area contributed by atoms with Crippen molar-refractivity contribution in [2.24, 2.45) is 4.99 Å². The van der Waals surface area contributed by atoms with Crippen molar-refractivity contribution in [2.75, 3.05) is 0 Å². The second-order valence-corrected chi connectivity index (χ2v) is 4.51. The number of carbonyl (C=O) groups excluding carboxylic acids is 3. The van der Waals surface area contributed by atoms with Crippen LogP contribution in [0.15, 0.2) is 4.99 Å². The van der Waals surface area contributed by atoms with E-state index < -0.39 is 39.8 Å². The molecule has 0 radical (unpaired) electrons. The van der Waals surface area contributed by atoms with Crippen LogP contribution in [0.3, 0.4) is 0 Å². The van der Waals surface area contributed by atoms with E-state index in [0.717, 1.165) is 0 Å². The molecule has 1 spiro atoms. The summed E-state index contributed by atoms with van der Waals surface area (Å²) in [5, 5.41) is 1.97. The molecule has 0 aromatic heterocycles. The quantitative estimate of drug-likeness (QED) is 0.510. The lowest BCUT2D eigenvalue weighted by molar-refractivity contribution is -0.161. The molecule has 1 unspecified atom stereocenters. The number of fused-ring (bicyclic) bond motifs is 1. The Hall–Kier alpha value is -2.05. The number of hydrogen-bond donors (Lipinski definition) is 2. The summed E-state index contributed by atoms with van der Waals surface area (Å²) in [5.41, 5.74) is -0.625. The summed E-state index contributed by atoms with van der Waals surface area (Å²) in [5.74, 6) is -3.45. The van der Waals surface area contributed by atoms with Gasteiger partial charge in [-0.3, -0.25) is 14.7 Å². The number of nitrogens with one attached hydrogen (secondary N) is 1. The summed E-state index contributed by atoms with van der Waals surface area (Å²) in [7, 11) is -5.02. The lowest BCUT2D eigenvalue weighted by Crippen LogP contribution is -2.63. The second-order valence-electron chi connectivity index (χ2n) is 3.25. The van der Waals surface area contributed by atoms with Gasteiger partial charge in [0.2, 0.25) is 0 Å². The molecule has 12 heteroatoms. The van der Waals surface area contributed by atoms with Gasteiger partial charge in [-0.05, 0) is 0 Å². The Balaban J connectivity index is 2.25. The number of hydrogen-bond acceptors (Lipinski definition) is 6. The molecule has 1 atom stereocenters. The SMILES string of the molecule is O=C1N=C2C(=O)N3OC2(N1)N(S(=O)(=O)O)C3=O. The number of aliphatic imine (C=N–C) groups is 1. The molecule has 2 saturated heterocycles. The highest BCUT2D eigenvalue weighted by atomic mass is 32.2. The lowest BCUT2D eigenvalue weighted by atomic mass is 10.2. The van der Waals surface area contributed by atoms with Crippen LogP contribution >= 0.6 is 0 Å². The molecule has 2 fully saturated rings. The van der Waals surface area contributed by atoms with E-state index in [-0.39, 0.29) is 9.37 Å². The van der Waals surface area contributed by atoms with E-state index in [9.17, 15) is 22.8 Å². The summed E-state index contributed by atoms with van der Waals surface area (Å²) in [4.78, 5) is 41.7. The number of rotatable bonds is 1. The molecule has 0 aromatic rings. The maximum absolute atomic E-state index is 11.4. The lowest BCUT2D eigenvalue weighted by Gasteiger charge is -2.26. The van der Waals surface area contributed by atoms with Crippen molar-refractivity contribution in [1.29, 1.82) is 0 Å². The summed E-state index contributed by atoms with van der Waals surface area (Å²) < 4.78 is 30.7. The van der Waals surface area contributed by atoms with Crippen LogP contribution in [0.5, 0.6) is 0 Å². The van der Waals surface area contributed by atoms with E-state index in [1.807, 2.05) is 5.32 Å². The van der Waals surface area contributed by atoms with Crippen molar-refractivity contribution in [2.45, 2.75) is 5.85 Å². The zero-order valence-electron chi connectivity index (χ0n) is 7.65. The fourth-order valence-corrected chi connectivity index (χ4v) is 2.49. The van der Waals surface area contributed by atoms with Gasteiger partial charge in [0.05, 0.1) is 0 Å². The minimum absolute atomic E-state index is 0.0893. The molecule has 11 nitrogen and oxygen atoms in total. The van der Waals surface area contributed by atoms with Crippen molar-refractivity contribution in [3.63, 3.8) is 0 Å². The topological polar surface area (TPSA) is 146 Å². The average molecular weight is 262 g/mol. The van der Waals surface area contributed by atoms with Crippen LogP contribution < -0.4 is 5.32 Å². The van der Waals surface area contributed by atoms with Crippen molar-refractivity contribution < 1.29 is 32.2 Å². The highest BCUT2D eigenvalue weighted by molar-refractivity contribution is 7.84. The van der Waals surface area contributed by atoms with E-state index in [2.05, 4.69) is 9.83 Å². The predicted octanol–water partition coefficient (Wildman–Crippen LogP) is -2.18. The first-order chi connectivity index (χ1) is 7.77. The van der Waals surface area contributed by atoms with Gasteiger partial charge in [-0.15, -0.1) is 9.37 Å². The fraction of sp³-hybridized carbons (Fsp3) is 0.200. The van der Waals surface area contributed by atoms with Gasteiger partial charge in [-0.1, -0.05) is 0 Å². The van der Waals surface area contributed by atoms with Gasteiger partial charge in [-0.25, -0.2) is 14.4 Å². The van der Waals surface area contributed by atoms with Crippen molar-refractivity contribution in [3.05, 3.63) is 0 Å². The average Bonchev–Trinajstić information content (AvgIpc) is 2.70. The van der Waals surface area contributed by atoms with E-state index in [1.165, 1.54) is 0 Å². The maximum Gasteiger partial charge on any atom is 0.371 e. The van der Waals surface area contributed by atoms with Crippen molar-refractivity contribution in [1.82, 2.24) is 14.7 Å². The van der Waals surface area contributed by atoms with E-state index in [1.54, 1.807) is 0 Å². The number of hydroxylamine groups is 2. The number of urea groups is 2. The number of carbonyl (C=O) groups is 3. The standard InChI is InChI=1S/C5H2N4O7S/c10-2-1-5(7-3(11)6-1)9(17(13,14)15)4(12)8(2)16-5/h(H,7,11)(H,13,14,15). The summed E-state index contributed by atoms with van der Waals surface area (Å²) in [6, 6.07) is -2.49. The summed E-state index contributed by atoms with van der Waals surface area (Å²) >= 11 is 0. The molecule has 5 amide bonds. The minimum Gasteiger partial charge on any atom is -0.282 e. The Kier molecular flexibility index (Phi) is 1.45. The Labute approximate surface area is 92.5 Å². The normalized spacial score (nSPS) is 30.9. The van der Waals surface area contributed by atoms with Gasteiger partial charge in [0.15, 0.2) is 5.71 Å². The Bertz CT molecular complexity index is 622. The van der Waals surface area contributed by atoms with Gasteiger partial charge in [0.25, 0.3) is 0 Å². The molecule has 3 rings (SSSR count). The maximum atomic E-state index is 11.4. The van der Waals surface area contributed by atoms with Crippen molar-refractivity contribution in [3.8, 4) is 0 Å². The Morgan fingerprint density at radius 2 is 2.00 bits per heavy atom. The smallest absolute Gasteiger partial charge is 0.282 e. The molecular formula is C5H2N4O7S. The first-order valence-electron chi connectivity index (χ1n) is 4.04. The van der Waals surface area contributed by atoms with Crippen LogP contribution in [-0.4, -0.2) is 51.9 Å². The highest BCUT2D eigenvalue weighted by Gasteiger charge is 2.73. The Morgan fingerprint density at radius 1 is 1.35 bits per heavy atom. The third-order valence-corrected chi connectivity index (χ3v) is 3.16. The molecule has 3 aliphatic rings. The largest absolute Gasteiger partial charge is 0.371 e. The van der Waals surface area contributed by atoms with E-state index in [4.69, 9.17) is 4.55 Å². The fourth-order valence-electron chi connectivity index (χ4n) is 1.73. The van der Waals surface area contributed by atoms with Crippen LogP contribution in [-0.2, 0) is 19.9 Å². The van der Waals surface area contributed by atoms with Crippen LogP contribution in [0.2, 0.25) is 0 Å². The van der Waals surface area contributed by atoms with Crippen LogP contribution in [0, 0.1) is 0 Å². The molecule has 2 N–H and O–H groups in total. The van der Waals surface area contributed by atoms with Crippen LogP contribution in [0.1, 0.15) is 0 Å². The molecule has 0 aromatic carbocycles. The zero-order valence-corrected chi connectivity index (χ0v) is 8.46. The number of imide groups is 1. The van der Waals surface area contributed by atoms with E-state index in [0.29, 0.717) is 0 Å². The second kappa shape index (κ2) is 2.44. The number of nitrogens with zero attached hydrogens (tertiary/aromatic N) is 3. The summed E-state index contributed by atoms with van der Waals surface area (Å²) in [6.07, 6.45) is 0. The molecular weight excluding hydrogens is 260 g/mol. The third-order valence-electron chi connectivity index (χ3n) is 2.29. The molecule has 17 heavy (non-hydrogen) atoms. The monoisotopic (exact) mass is 262 g/mol. The summed E-state index contributed by atoms with van der Waals surface area (Å²) in [6.45, 7) is 0. The van der Waals surface area contributed by atoms with E-state index >= 15 is 0 Å². The van der Waals surface area contributed by atoms with Gasteiger partial charge < -0.3 is 0 Å². The van der Waals surface area contributed by atoms with Gasteiger partial charge in [-0.2, -0.15) is 13.4 Å². The van der Waals surface area contributed by atoms with Gasteiger partial charge in [0, 0.05) is 0 Å². The molecule has 2 bridgehead atoms. The first-order valence-corrected chi connectivity index (χ1v) is 5.44. The van der Waals surface area contributed by atoms with Crippen LogP contribution in [0.25, 0.3) is 0 Å². The van der Waals surface area contributed by atoms with Crippen molar-refractivity contribution >= 4 is 34.0 Å². The van der Waals surface area contributed by atoms with Gasteiger partial charge >= 0.3 is 34.1 Å². The molecule has 3 aliphatic heterocycles. The third kappa shape index (κ3) is 0.943. The molecule has 0 aliphatic carbocycles. The molecule has 3 heterocycles. The van der Waals surface area contributed by atoms with Crippen LogP contribution in [0.4, 0.5) is 9.59 Å².